The number of aryl methyl sites for hydroxylation is 1. The summed E-state index contributed by atoms with van der Waals surface area (Å²) in [7, 11) is 0. The van der Waals surface area contributed by atoms with E-state index in [0.717, 1.165) is 17.7 Å². The summed E-state index contributed by atoms with van der Waals surface area (Å²) in [5.41, 5.74) is 7.16. The first-order chi connectivity index (χ1) is 8.70. The molecule has 92 valence electrons. The number of hydrogen-bond donors (Lipinski definition) is 2. The number of para-hydroxylation sites is 1. The number of benzene rings is 1. The highest BCUT2D eigenvalue weighted by molar-refractivity contribution is 5.95. The summed E-state index contributed by atoms with van der Waals surface area (Å²) < 4.78 is 5.73. The van der Waals surface area contributed by atoms with Crippen LogP contribution >= 0.6 is 0 Å². The Hall–Kier alpha value is -2.36. The highest BCUT2D eigenvalue weighted by Gasteiger charge is 2.05. The Bertz CT molecular complexity index is 566. The van der Waals surface area contributed by atoms with Crippen LogP contribution in [0.2, 0.25) is 0 Å². The second kappa shape index (κ2) is 5.31. The van der Waals surface area contributed by atoms with Crippen molar-refractivity contribution in [1.82, 2.24) is 4.98 Å². The third-order valence-electron chi connectivity index (χ3n) is 2.61. The first-order valence-electron chi connectivity index (χ1n) is 5.77. The summed E-state index contributed by atoms with van der Waals surface area (Å²) in [4.78, 5) is 4.12. The molecule has 2 rings (SSSR count). The van der Waals surface area contributed by atoms with E-state index >= 15 is 0 Å². The molecule has 2 aromatic rings. The van der Waals surface area contributed by atoms with Crippen LogP contribution in [0.15, 0.2) is 42.6 Å². The summed E-state index contributed by atoms with van der Waals surface area (Å²) in [6, 6.07) is 11.2. The number of nitrogens with one attached hydrogen (secondary N) is 1. The largest absolute Gasteiger partial charge is 0.439 e. The van der Waals surface area contributed by atoms with Crippen LogP contribution in [-0.2, 0) is 6.42 Å². The van der Waals surface area contributed by atoms with Crippen molar-refractivity contribution in [3.63, 3.8) is 0 Å². The lowest BCUT2D eigenvalue weighted by molar-refractivity contribution is 0.457. The molecule has 3 N–H and O–H groups in total. The number of nitrogen functional groups attached to an aromatic ring is 1. The van der Waals surface area contributed by atoms with Gasteiger partial charge in [0.2, 0.25) is 5.88 Å². The molecular formula is C14H15N3O. The average Bonchev–Trinajstić information content (AvgIpc) is 2.39. The van der Waals surface area contributed by atoms with Crippen LogP contribution in [-0.4, -0.2) is 10.8 Å². The van der Waals surface area contributed by atoms with Crippen molar-refractivity contribution in [3.8, 4) is 11.6 Å². The van der Waals surface area contributed by atoms with Crippen LogP contribution < -0.4 is 10.5 Å². The zero-order valence-electron chi connectivity index (χ0n) is 10.2. The number of aromatic nitrogens is 1. The van der Waals surface area contributed by atoms with E-state index in [1.807, 2.05) is 24.3 Å². The molecule has 0 saturated carbocycles. The molecule has 18 heavy (non-hydrogen) atoms. The quantitative estimate of drug-likeness (QED) is 0.638. The minimum absolute atomic E-state index is 0.00558. The predicted octanol–water partition coefficient (Wildman–Crippen LogP) is 2.72. The van der Waals surface area contributed by atoms with Gasteiger partial charge in [-0.05, 0) is 24.1 Å². The molecule has 1 aromatic carbocycles. The van der Waals surface area contributed by atoms with Gasteiger partial charge in [-0.2, -0.15) is 0 Å². The second-order valence-electron chi connectivity index (χ2n) is 3.86. The third-order valence-corrected chi connectivity index (χ3v) is 2.61. The molecule has 0 aliphatic heterocycles. The smallest absolute Gasteiger partial charge is 0.219 e. The van der Waals surface area contributed by atoms with Crippen LogP contribution in [0.3, 0.4) is 0 Å². The molecule has 1 heterocycles. The Morgan fingerprint density at radius 3 is 2.83 bits per heavy atom. The maximum Gasteiger partial charge on any atom is 0.219 e. The number of ether oxygens (including phenoxy) is 1. The lowest BCUT2D eigenvalue weighted by Gasteiger charge is -2.09. The Labute approximate surface area is 106 Å². The molecule has 1 aromatic heterocycles. The van der Waals surface area contributed by atoms with Crippen LogP contribution in [0.1, 0.15) is 18.1 Å². The topological polar surface area (TPSA) is 72.0 Å². The first kappa shape index (κ1) is 12.1. The monoisotopic (exact) mass is 241 g/mol. The molecule has 0 aliphatic rings. The van der Waals surface area contributed by atoms with Crippen LogP contribution in [0.5, 0.6) is 11.6 Å². The van der Waals surface area contributed by atoms with Gasteiger partial charge in [-0.25, -0.2) is 4.98 Å². The van der Waals surface area contributed by atoms with Gasteiger partial charge in [0.15, 0.2) is 0 Å². The van der Waals surface area contributed by atoms with Gasteiger partial charge >= 0.3 is 0 Å². The lowest BCUT2D eigenvalue weighted by Crippen LogP contribution is -2.11. The van der Waals surface area contributed by atoms with E-state index in [1.165, 1.54) is 0 Å². The van der Waals surface area contributed by atoms with E-state index in [4.69, 9.17) is 15.9 Å². The fraction of sp³-hybridized carbons (Fsp3) is 0.143. The van der Waals surface area contributed by atoms with Crippen molar-refractivity contribution >= 4 is 5.84 Å². The standard InChI is InChI=1S/C14H15N3O/c1-2-10-5-3-4-6-12(10)18-13-9-11(14(15)16)7-8-17-13/h3-9H,2H2,1H3,(H3,15,16). The molecule has 0 fully saturated rings. The number of amidine groups is 1. The average molecular weight is 241 g/mol. The molecule has 4 nitrogen and oxygen atoms in total. The van der Waals surface area contributed by atoms with E-state index < -0.39 is 0 Å². The Kier molecular flexibility index (Phi) is 3.57. The van der Waals surface area contributed by atoms with E-state index in [2.05, 4.69) is 11.9 Å². The van der Waals surface area contributed by atoms with E-state index in [9.17, 15) is 0 Å². The molecule has 0 amide bonds. The Balaban J connectivity index is 2.28. The molecule has 0 aliphatic carbocycles. The van der Waals surface area contributed by atoms with Gasteiger partial charge in [0.25, 0.3) is 0 Å². The maximum atomic E-state index is 7.38. The number of rotatable bonds is 4. The fourth-order valence-corrected chi connectivity index (χ4v) is 1.64. The molecule has 0 spiro atoms. The van der Waals surface area contributed by atoms with Crippen LogP contribution in [0, 0.1) is 5.41 Å². The summed E-state index contributed by atoms with van der Waals surface area (Å²) in [6.07, 6.45) is 2.48. The van der Waals surface area contributed by atoms with Crippen LogP contribution in [0.25, 0.3) is 0 Å². The zero-order valence-corrected chi connectivity index (χ0v) is 10.2. The Morgan fingerprint density at radius 1 is 1.33 bits per heavy atom. The summed E-state index contributed by atoms with van der Waals surface area (Å²) >= 11 is 0. The highest BCUT2D eigenvalue weighted by atomic mass is 16.5. The van der Waals surface area contributed by atoms with Crippen molar-refractivity contribution in [2.45, 2.75) is 13.3 Å². The number of nitrogens with zero attached hydrogens (tertiary/aromatic N) is 1. The van der Waals surface area contributed by atoms with Crippen molar-refractivity contribution in [2.75, 3.05) is 0 Å². The molecule has 0 saturated heterocycles. The first-order valence-corrected chi connectivity index (χ1v) is 5.77. The maximum absolute atomic E-state index is 7.38. The molecule has 0 bridgehead atoms. The minimum atomic E-state index is 0.00558. The zero-order chi connectivity index (χ0) is 13.0. The predicted molar refractivity (Wildman–Crippen MR) is 71.1 cm³/mol. The van der Waals surface area contributed by atoms with Crippen molar-refractivity contribution in [1.29, 1.82) is 5.41 Å². The number of nitrogens with two attached hydrogens (primary N) is 1. The van der Waals surface area contributed by atoms with Gasteiger partial charge in [-0.3, -0.25) is 5.41 Å². The third kappa shape index (κ3) is 2.66. The second-order valence-corrected chi connectivity index (χ2v) is 3.86. The molecule has 0 unspecified atom stereocenters. The van der Waals surface area contributed by atoms with Gasteiger partial charge < -0.3 is 10.5 Å². The molecule has 4 heteroatoms. The van der Waals surface area contributed by atoms with E-state index in [0.29, 0.717) is 11.4 Å². The van der Waals surface area contributed by atoms with Gasteiger partial charge in [0, 0.05) is 17.8 Å². The van der Waals surface area contributed by atoms with Crippen molar-refractivity contribution in [2.24, 2.45) is 5.73 Å². The summed E-state index contributed by atoms with van der Waals surface area (Å²) in [5.74, 6) is 1.24. The fourth-order valence-electron chi connectivity index (χ4n) is 1.64. The van der Waals surface area contributed by atoms with Crippen molar-refractivity contribution < 1.29 is 4.74 Å². The lowest BCUT2D eigenvalue weighted by atomic mass is 10.1. The Morgan fingerprint density at radius 2 is 2.11 bits per heavy atom. The van der Waals surface area contributed by atoms with Gasteiger partial charge in [-0.15, -0.1) is 0 Å². The van der Waals surface area contributed by atoms with Crippen molar-refractivity contribution in [3.05, 3.63) is 53.7 Å². The van der Waals surface area contributed by atoms with Gasteiger partial charge in [0.1, 0.15) is 11.6 Å². The van der Waals surface area contributed by atoms with Crippen LogP contribution in [0.4, 0.5) is 0 Å². The minimum Gasteiger partial charge on any atom is -0.439 e. The summed E-state index contributed by atoms with van der Waals surface area (Å²) in [5, 5.41) is 7.38. The number of pyridine rings is 1. The van der Waals surface area contributed by atoms with E-state index in [1.54, 1.807) is 18.3 Å². The summed E-state index contributed by atoms with van der Waals surface area (Å²) in [6.45, 7) is 2.07. The molecule has 0 atom stereocenters. The number of hydrogen-bond acceptors (Lipinski definition) is 3. The van der Waals surface area contributed by atoms with E-state index in [-0.39, 0.29) is 5.84 Å². The van der Waals surface area contributed by atoms with Gasteiger partial charge in [-0.1, -0.05) is 25.1 Å². The SMILES string of the molecule is CCc1ccccc1Oc1cc(C(=N)N)ccn1. The normalized spacial score (nSPS) is 10.1. The molecule has 0 radical (unpaired) electrons. The van der Waals surface area contributed by atoms with Gasteiger partial charge in [0.05, 0.1) is 0 Å². The molecular weight excluding hydrogens is 226 g/mol. The highest BCUT2D eigenvalue weighted by Crippen LogP contribution is 2.24.